The molecule has 4 aromatic rings. The van der Waals surface area contributed by atoms with E-state index in [9.17, 15) is 4.79 Å². The molecule has 2 aromatic heterocycles. The van der Waals surface area contributed by atoms with Crippen LogP contribution < -0.4 is 5.32 Å². The molecular weight excluding hydrogens is 386 g/mol. The van der Waals surface area contributed by atoms with Gasteiger partial charge in [0.1, 0.15) is 0 Å². The van der Waals surface area contributed by atoms with E-state index < -0.39 is 0 Å². The molecule has 31 heavy (non-hydrogen) atoms. The van der Waals surface area contributed by atoms with E-state index in [0.29, 0.717) is 12.8 Å². The largest absolute Gasteiger partial charge is 0.323 e. The van der Waals surface area contributed by atoms with Gasteiger partial charge in [0.25, 0.3) is 0 Å². The molecule has 0 bridgehead atoms. The van der Waals surface area contributed by atoms with Crippen molar-refractivity contribution in [1.82, 2.24) is 19.6 Å². The Morgan fingerprint density at radius 3 is 1.87 bits per heavy atom. The van der Waals surface area contributed by atoms with Crippen molar-refractivity contribution >= 4 is 11.6 Å². The fourth-order valence-corrected chi connectivity index (χ4v) is 3.94. The number of anilines is 1. The maximum absolute atomic E-state index is 12.8. The standard InChI is InChI=1S/C25H27N5O/c1-17-23(19(3)29(27-17)21-11-7-5-8-12-21)15-16-24(31)26-25-18(2)28-30(20(25)4)22-13-9-6-10-14-22/h5-14H,15-16H2,1-4H3,(H,26,31). The highest BCUT2D eigenvalue weighted by atomic mass is 16.1. The van der Waals surface area contributed by atoms with E-state index in [-0.39, 0.29) is 5.91 Å². The first-order valence-corrected chi connectivity index (χ1v) is 10.5. The summed E-state index contributed by atoms with van der Waals surface area (Å²) in [6, 6.07) is 20.0. The Balaban J connectivity index is 1.48. The van der Waals surface area contributed by atoms with Crippen molar-refractivity contribution in [3.63, 3.8) is 0 Å². The number of amides is 1. The van der Waals surface area contributed by atoms with Crippen LogP contribution in [0.4, 0.5) is 5.69 Å². The van der Waals surface area contributed by atoms with Gasteiger partial charge in [0.15, 0.2) is 0 Å². The molecule has 1 N–H and O–H groups in total. The van der Waals surface area contributed by atoms with Gasteiger partial charge in [-0.25, -0.2) is 9.36 Å². The second-order valence-electron chi connectivity index (χ2n) is 7.74. The zero-order chi connectivity index (χ0) is 22.0. The molecule has 0 aliphatic heterocycles. The topological polar surface area (TPSA) is 64.7 Å². The minimum Gasteiger partial charge on any atom is -0.323 e. The van der Waals surface area contributed by atoms with Crippen LogP contribution in [0, 0.1) is 27.7 Å². The number of nitrogens with one attached hydrogen (secondary N) is 1. The molecule has 4 rings (SSSR count). The van der Waals surface area contributed by atoms with Crippen LogP contribution in [0.15, 0.2) is 60.7 Å². The molecule has 0 saturated carbocycles. The van der Waals surface area contributed by atoms with Crippen molar-refractivity contribution in [2.24, 2.45) is 0 Å². The smallest absolute Gasteiger partial charge is 0.224 e. The predicted octanol–water partition coefficient (Wildman–Crippen LogP) is 4.86. The maximum Gasteiger partial charge on any atom is 0.224 e. The number of hydrogen-bond acceptors (Lipinski definition) is 3. The first-order valence-electron chi connectivity index (χ1n) is 10.5. The van der Waals surface area contributed by atoms with Crippen molar-refractivity contribution in [3.8, 4) is 11.4 Å². The Morgan fingerprint density at radius 1 is 0.774 bits per heavy atom. The number of hydrogen-bond donors (Lipinski definition) is 1. The Morgan fingerprint density at radius 2 is 1.29 bits per heavy atom. The van der Waals surface area contributed by atoms with Crippen LogP contribution in [0.1, 0.15) is 34.8 Å². The molecular formula is C25H27N5O. The fourth-order valence-electron chi connectivity index (χ4n) is 3.94. The van der Waals surface area contributed by atoms with Crippen molar-refractivity contribution in [1.29, 1.82) is 0 Å². The summed E-state index contributed by atoms with van der Waals surface area (Å²) >= 11 is 0. The lowest BCUT2D eigenvalue weighted by Gasteiger charge is -2.08. The molecule has 1 amide bonds. The van der Waals surface area contributed by atoms with E-state index in [1.165, 1.54) is 0 Å². The third kappa shape index (κ3) is 4.14. The van der Waals surface area contributed by atoms with E-state index in [1.807, 2.05) is 90.8 Å². The van der Waals surface area contributed by atoms with Gasteiger partial charge < -0.3 is 5.32 Å². The summed E-state index contributed by atoms with van der Waals surface area (Å²) in [5.74, 6) is -0.0231. The molecule has 6 heteroatoms. The fraction of sp³-hybridized carbons (Fsp3) is 0.240. The highest BCUT2D eigenvalue weighted by Crippen LogP contribution is 2.24. The summed E-state index contributed by atoms with van der Waals surface area (Å²) in [5, 5.41) is 12.4. The average molecular weight is 414 g/mol. The van der Waals surface area contributed by atoms with Gasteiger partial charge in [-0.05, 0) is 63.9 Å². The maximum atomic E-state index is 12.8. The van der Waals surface area contributed by atoms with Gasteiger partial charge in [0.05, 0.1) is 34.1 Å². The van der Waals surface area contributed by atoms with Crippen LogP contribution in [0.2, 0.25) is 0 Å². The van der Waals surface area contributed by atoms with Gasteiger partial charge in [0.2, 0.25) is 5.91 Å². The average Bonchev–Trinajstić information content (AvgIpc) is 3.23. The summed E-state index contributed by atoms with van der Waals surface area (Å²) in [5.41, 5.74) is 7.65. The van der Waals surface area contributed by atoms with Gasteiger partial charge in [0, 0.05) is 12.1 Å². The first kappa shape index (κ1) is 20.6. The number of carbonyl (C=O) groups excluding carboxylic acids is 1. The third-order valence-corrected chi connectivity index (χ3v) is 5.60. The van der Waals surface area contributed by atoms with Crippen molar-refractivity contribution in [2.75, 3.05) is 5.32 Å². The molecule has 6 nitrogen and oxygen atoms in total. The monoisotopic (exact) mass is 413 g/mol. The first-order chi connectivity index (χ1) is 15.0. The van der Waals surface area contributed by atoms with Crippen LogP contribution in [-0.2, 0) is 11.2 Å². The van der Waals surface area contributed by atoms with Gasteiger partial charge in [-0.15, -0.1) is 0 Å². The summed E-state index contributed by atoms with van der Waals surface area (Å²) in [7, 11) is 0. The van der Waals surface area contributed by atoms with Crippen molar-refractivity contribution in [2.45, 2.75) is 40.5 Å². The van der Waals surface area contributed by atoms with Crippen LogP contribution in [0.25, 0.3) is 11.4 Å². The van der Waals surface area contributed by atoms with E-state index in [2.05, 4.69) is 22.4 Å². The normalized spacial score (nSPS) is 11.0. The summed E-state index contributed by atoms with van der Waals surface area (Å²) in [6.45, 7) is 7.94. The minimum atomic E-state index is -0.0231. The highest BCUT2D eigenvalue weighted by Gasteiger charge is 2.17. The molecule has 0 aliphatic rings. The number of carbonyl (C=O) groups is 1. The SMILES string of the molecule is Cc1nn(-c2ccccc2)c(C)c1CCC(=O)Nc1c(C)nn(-c2ccccc2)c1C. The Kier molecular flexibility index (Phi) is 5.71. The molecule has 2 aromatic carbocycles. The molecule has 0 atom stereocenters. The second kappa shape index (κ2) is 8.60. The van der Waals surface area contributed by atoms with Crippen LogP contribution in [0.5, 0.6) is 0 Å². The Hall–Kier alpha value is -3.67. The van der Waals surface area contributed by atoms with Gasteiger partial charge in [-0.1, -0.05) is 36.4 Å². The number of benzene rings is 2. The van der Waals surface area contributed by atoms with Gasteiger partial charge >= 0.3 is 0 Å². The predicted molar refractivity (Wildman–Crippen MR) is 123 cm³/mol. The van der Waals surface area contributed by atoms with Crippen LogP contribution in [0.3, 0.4) is 0 Å². The molecule has 0 aliphatic carbocycles. The van der Waals surface area contributed by atoms with E-state index in [0.717, 1.165) is 45.4 Å². The lowest BCUT2D eigenvalue weighted by Crippen LogP contribution is -2.14. The number of aromatic nitrogens is 4. The van der Waals surface area contributed by atoms with Crippen molar-refractivity contribution < 1.29 is 4.79 Å². The summed E-state index contributed by atoms with van der Waals surface area (Å²) < 4.78 is 3.81. The lowest BCUT2D eigenvalue weighted by atomic mass is 10.1. The zero-order valence-corrected chi connectivity index (χ0v) is 18.4. The second-order valence-corrected chi connectivity index (χ2v) is 7.74. The van der Waals surface area contributed by atoms with E-state index in [1.54, 1.807) is 0 Å². The quantitative estimate of drug-likeness (QED) is 0.491. The summed E-state index contributed by atoms with van der Waals surface area (Å²) in [6.07, 6.45) is 1.03. The third-order valence-electron chi connectivity index (χ3n) is 5.60. The molecule has 0 saturated heterocycles. The molecule has 2 heterocycles. The highest BCUT2D eigenvalue weighted by molar-refractivity contribution is 5.92. The minimum absolute atomic E-state index is 0.0231. The summed E-state index contributed by atoms with van der Waals surface area (Å²) in [4.78, 5) is 12.8. The van der Waals surface area contributed by atoms with Gasteiger partial charge in [-0.3, -0.25) is 4.79 Å². The van der Waals surface area contributed by atoms with Crippen molar-refractivity contribution in [3.05, 3.63) is 89.0 Å². The molecule has 0 spiro atoms. The van der Waals surface area contributed by atoms with E-state index in [4.69, 9.17) is 0 Å². The van der Waals surface area contributed by atoms with Crippen LogP contribution in [-0.4, -0.2) is 25.5 Å². The zero-order valence-electron chi connectivity index (χ0n) is 18.4. The molecule has 0 fully saturated rings. The number of para-hydroxylation sites is 2. The lowest BCUT2D eigenvalue weighted by molar-refractivity contribution is -0.116. The number of aryl methyl sites for hydroxylation is 2. The molecule has 0 radical (unpaired) electrons. The Labute approximate surface area is 182 Å². The molecule has 158 valence electrons. The molecule has 0 unspecified atom stereocenters. The Bertz CT molecular complexity index is 1210. The van der Waals surface area contributed by atoms with E-state index >= 15 is 0 Å². The van der Waals surface area contributed by atoms with Crippen LogP contribution >= 0.6 is 0 Å². The van der Waals surface area contributed by atoms with Gasteiger partial charge in [-0.2, -0.15) is 10.2 Å². The number of nitrogens with zero attached hydrogens (tertiary/aromatic N) is 4. The number of rotatable bonds is 6.